The molecule has 1 saturated heterocycles. The number of nitrogens with zero attached hydrogens (tertiary/aromatic N) is 3. The van der Waals surface area contributed by atoms with Crippen LogP contribution in [0.3, 0.4) is 0 Å². The number of likely N-dealkylation sites (tertiary alicyclic amines) is 1. The quantitative estimate of drug-likeness (QED) is 0.759. The third-order valence-corrected chi connectivity index (χ3v) is 5.74. The van der Waals surface area contributed by atoms with Gasteiger partial charge in [-0.3, -0.25) is 0 Å². The van der Waals surface area contributed by atoms with Crippen molar-refractivity contribution in [1.29, 1.82) is 0 Å². The number of fused-ring (bicyclic) bond motifs is 1. The third-order valence-electron chi connectivity index (χ3n) is 4.66. The maximum atomic E-state index is 13.8. The predicted octanol–water partition coefficient (Wildman–Crippen LogP) is 1.97. The second-order valence-corrected chi connectivity index (χ2v) is 7.23. The molecule has 1 aliphatic heterocycles. The first kappa shape index (κ1) is 15.5. The van der Waals surface area contributed by atoms with Gasteiger partial charge in [-0.25, -0.2) is 9.37 Å². The lowest BCUT2D eigenvalue weighted by atomic mass is 10.0. The molecule has 2 aromatic heterocycles. The molecule has 2 N–H and O–H groups in total. The second kappa shape index (κ2) is 6.14. The number of quaternary nitrogens is 1. The van der Waals surface area contributed by atoms with Crippen LogP contribution >= 0.6 is 11.3 Å². The van der Waals surface area contributed by atoms with Crippen molar-refractivity contribution in [3.8, 4) is 5.88 Å². The Morgan fingerprint density at radius 2 is 2.17 bits per heavy atom. The van der Waals surface area contributed by atoms with Crippen LogP contribution in [0.4, 0.5) is 4.39 Å². The van der Waals surface area contributed by atoms with E-state index in [0.29, 0.717) is 4.96 Å². The van der Waals surface area contributed by atoms with E-state index in [0.717, 1.165) is 48.6 Å². The molecule has 1 aromatic carbocycles. The van der Waals surface area contributed by atoms with Crippen LogP contribution in [0, 0.1) is 5.82 Å². The van der Waals surface area contributed by atoms with Crippen LogP contribution in [0.25, 0.3) is 4.96 Å². The van der Waals surface area contributed by atoms with Crippen LogP contribution in [0.2, 0.25) is 0 Å². The molecule has 1 fully saturated rings. The SMILES string of the molecule is CCc1nc2sc([C@H](c3cccc(F)c3)[NH+]3CCCC3)c(O)n2n1. The average Bonchev–Trinajstić information content (AvgIpc) is 3.28. The van der Waals surface area contributed by atoms with Crippen molar-refractivity contribution in [2.24, 2.45) is 0 Å². The van der Waals surface area contributed by atoms with Gasteiger partial charge in [0.15, 0.2) is 11.9 Å². The van der Waals surface area contributed by atoms with Gasteiger partial charge < -0.3 is 10.0 Å². The lowest BCUT2D eigenvalue weighted by Gasteiger charge is -2.24. The third kappa shape index (κ3) is 2.57. The van der Waals surface area contributed by atoms with Gasteiger partial charge in [0, 0.05) is 24.8 Å². The van der Waals surface area contributed by atoms with Gasteiger partial charge in [0.2, 0.25) is 10.8 Å². The number of thiazole rings is 1. The van der Waals surface area contributed by atoms with Crippen molar-refractivity contribution in [1.82, 2.24) is 14.6 Å². The second-order valence-electron chi connectivity index (χ2n) is 6.22. The summed E-state index contributed by atoms with van der Waals surface area (Å²) in [5, 5.41) is 15.1. The molecule has 4 rings (SSSR count). The maximum absolute atomic E-state index is 13.8. The van der Waals surface area contributed by atoms with Gasteiger partial charge in [0.1, 0.15) is 10.7 Å². The highest BCUT2D eigenvalue weighted by Gasteiger charge is 2.34. The summed E-state index contributed by atoms with van der Waals surface area (Å²) >= 11 is 1.45. The molecule has 126 valence electrons. The Kier molecular flexibility index (Phi) is 3.97. The molecular weight excluding hydrogens is 327 g/mol. The van der Waals surface area contributed by atoms with Gasteiger partial charge in [-0.2, -0.15) is 4.52 Å². The molecule has 0 spiro atoms. The minimum Gasteiger partial charge on any atom is -0.492 e. The van der Waals surface area contributed by atoms with Crippen LogP contribution < -0.4 is 4.90 Å². The Balaban J connectivity index is 1.83. The summed E-state index contributed by atoms with van der Waals surface area (Å²) in [6, 6.07) is 6.61. The van der Waals surface area contributed by atoms with Crippen molar-refractivity contribution in [2.45, 2.75) is 32.2 Å². The van der Waals surface area contributed by atoms with E-state index in [2.05, 4.69) is 10.1 Å². The molecule has 0 unspecified atom stereocenters. The first-order chi connectivity index (χ1) is 11.7. The fourth-order valence-corrected chi connectivity index (χ4v) is 4.66. The van der Waals surface area contributed by atoms with Crippen LogP contribution in [0.15, 0.2) is 24.3 Å². The molecule has 0 radical (unpaired) electrons. The van der Waals surface area contributed by atoms with Crippen LogP contribution in [0.5, 0.6) is 5.88 Å². The monoisotopic (exact) mass is 347 g/mol. The fraction of sp³-hybridized carbons (Fsp3) is 0.412. The standard InChI is InChI=1S/C17H19FN4OS/c1-2-13-19-17-22(20-13)16(23)15(24-17)14(21-8-3-4-9-21)11-6-5-7-12(18)10-11/h5-7,10,14,23H,2-4,8-9H2,1H3/p+1/t14-/m0/s1. The summed E-state index contributed by atoms with van der Waals surface area (Å²) in [5.74, 6) is 0.609. The number of nitrogens with one attached hydrogen (secondary N) is 1. The first-order valence-corrected chi connectivity index (χ1v) is 9.16. The summed E-state index contributed by atoms with van der Waals surface area (Å²) < 4.78 is 15.3. The molecule has 0 amide bonds. The zero-order valence-electron chi connectivity index (χ0n) is 13.5. The Bertz CT molecular complexity index is 869. The van der Waals surface area contributed by atoms with Crippen LogP contribution in [0.1, 0.15) is 42.1 Å². The van der Waals surface area contributed by atoms with Gasteiger partial charge in [-0.1, -0.05) is 30.4 Å². The number of hydrogen-bond acceptors (Lipinski definition) is 4. The van der Waals surface area contributed by atoms with Crippen molar-refractivity contribution >= 4 is 16.3 Å². The van der Waals surface area contributed by atoms with Gasteiger partial charge in [0.25, 0.3) is 0 Å². The first-order valence-electron chi connectivity index (χ1n) is 8.34. The van der Waals surface area contributed by atoms with Crippen molar-refractivity contribution < 1.29 is 14.4 Å². The molecule has 3 aromatic rings. The van der Waals surface area contributed by atoms with Crippen molar-refractivity contribution in [3.05, 3.63) is 46.3 Å². The molecule has 0 bridgehead atoms. The molecule has 7 heteroatoms. The summed E-state index contributed by atoms with van der Waals surface area (Å²) in [6.07, 6.45) is 3.04. The normalized spacial score (nSPS) is 16.9. The van der Waals surface area contributed by atoms with E-state index in [-0.39, 0.29) is 17.7 Å². The average molecular weight is 347 g/mol. The van der Waals surface area contributed by atoms with E-state index in [1.807, 2.05) is 13.0 Å². The minimum absolute atomic E-state index is 0.0817. The van der Waals surface area contributed by atoms with Gasteiger partial charge in [-0.05, 0) is 12.1 Å². The smallest absolute Gasteiger partial charge is 0.235 e. The van der Waals surface area contributed by atoms with Crippen LogP contribution in [-0.4, -0.2) is 32.8 Å². The molecule has 5 nitrogen and oxygen atoms in total. The molecule has 0 saturated carbocycles. The molecule has 24 heavy (non-hydrogen) atoms. The lowest BCUT2D eigenvalue weighted by molar-refractivity contribution is -0.913. The number of aromatic nitrogens is 3. The Morgan fingerprint density at radius 3 is 2.83 bits per heavy atom. The van der Waals surface area contributed by atoms with Crippen molar-refractivity contribution in [2.75, 3.05) is 13.1 Å². The van der Waals surface area contributed by atoms with Crippen LogP contribution in [-0.2, 0) is 6.42 Å². The number of benzene rings is 1. The summed E-state index contributed by atoms with van der Waals surface area (Å²) in [5.41, 5.74) is 0.891. The highest BCUT2D eigenvalue weighted by Crippen LogP contribution is 2.35. The lowest BCUT2D eigenvalue weighted by Crippen LogP contribution is -3.10. The fourth-order valence-electron chi connectivity index (χ4n) is 3.50. The largest absolute Gasteiger partial charge is 0.492 e. The van der Waals surface area contributed by atoms with E-state index in [1.54, 1.807) is 12.1 Å². The number of rotatable bonds is 4. The minimum atomic E-state index is -0.247. The summed E-state index contributed by atoms with van der Waals surface area (Å²) in [4.78, 5) is 7.33. The zero-order valence-corrected chi connectivity index (χ0v) is 14.3. The number of hydrogen-bond donors (Lipinski definition) is 2. The Morgan fingerprint density at radius 1 is 1.38 bits per heavy atom. The number of aromatic hydroxyl groups is 1. The Labute approximate surface area is 143 Å². The van der Waals surface area contributed by atoms with E-state index < -0.39 is 0 Å². The van der Waals surface area contributed by atoms with E-state index >= 15 is 0 Å². The van der Waals surface area contributed by atoms with E-state index in [4.69, 9.17) is 0 Å². The summed E-state index contributed by atoms with van der Waals surface area (Å²) in [6.45, 7) is 4.03. The zero-order chi connectivity index (χ0) is 16.7. The van der Waals surface area contributed by atoms with Gasteiger partial charge in [-0.15, -0.1) is 5.10 Å². The highest BCUT2D eigenvalue weighted by atomic mass is 32.1. The number of halogens is 1. The molecule has 1 aliphatic rings. The predicted molar refractivity (Wildman–Crippen MR) is 90.1 cm³/mol. The van der Waals surface area contributed by atoms with Gasteiger partial charge >= 0.3 is 0 Å². The molecule has 0 aliphatic carbocycles. The maximum Gasteiger partial charge on any atom is 0.235 e. The van der Waals surface area contributed by atoms with Gasteiger partial charge in [0.05, 0.1) is 13.1 Å². The molecule has 3 heterocycles. The topological polar surface area (TPSA) is 54.9 Å². The summed E-state index contributed by atoms with van der Waals surface area (Å²) in [7, 11) is 0. The van der Waals surface area contributed by atoms with E-state index in [1.165, 1.54) is 26.8 Å². The molecule has 1 atom stereocenters. The molecular formula is C17H20FN4OS+. The number of aryl methyl sites for hydroxylation is 1. The Hall–Kier alpha value is -1.99. The highest BCUT2D eigenvalue weighted by molar-refractivity contribution is 7.17. The van der Waals surface area contributed by atoms with E-state index in [9.17, 15) is 9.50 Å². The van der Waals surface area contributed by atoms with Crippen molar-refractivity contribution in [3.63, 3.8) is 0 Å².